The number of hydrogen-bond acceptors (Lipinski definition) is 0. The summed E-state index contributed by atoms with van der Waals surface area (Å²) in [4.78, 5) is 0. The second-order valence-corrected chi connectivity index (χ2v) is 2.73. The highest BCUT2D eigenvalue weighted by molar-refractivity contribution is 5.62. The van der Waals surface area contributed by atoms with Crippen LogP contribution in [0.1, 0.15) is 59.4 Å². The highest BCUT2D eigenvalue weighted by Gasteiger charge is 1.91. The Bertz CT molecular complexity index is 297. The standard InChI is InChI=1S/C12H10.8CH4/c1-3-7-11(8-4-1)12-9-5-2-6-10-12;;;;;;;;/h1-10H;8*1H4. The van der Waals surface area contributed by atoms with Gasteiger partial charge in [0.15, 0.2) is 0 Å². The van der Waals surface area contributed by atoms with Gasteiger partial charge in [0.1, 0.15) is 0 Å². The second-order valence-electron chi connectivity index (χ2n) is 2.73. The van der Waals surface area contributed by atoms with E-state index in [1.807, 2.05) is 12.1 Å². The van der Waals surface area contributed by atoms with E-state index in [0.29, 0.717) is 0 Å². The van der Waals surface area contributed by atoms with Gasteiger partial charge in [-0.3, -0.25) is 0 Å². The van der Waals surface area contributed by atoms with E-state index in [1.54, 1.807) is 0 Å². The molecule has 2 aromatic carbocycles. The molecule has 0 aliphatic carbocycles. The minimum atomic E-state index is 0. The Labute approximate surface area is 131 Å². The molecule has 2 rings (SSSR count). The molecule has 0 saturated heterocycles. The Hall–Kier alpha value is -1.56. The van der Waals surface area contributed by atoms with Gasteiger partial charge in [-0.15, -0.1) is 0 Å². The van der Waals surface area contributed by atoms with Crippen molar-refractivity contribution in [3.05, 3.63) is 60.7 Å². The third-order valence-electron chi connectivity index (χ3n) is 1.88. The largest absolute Gasteiger partial charge is 0.0776 e. The Morgan fingerprint density at radius 2 is 0.500 bits per heavy atom. The molecule has 2 aromatic rings. The molecule has 122 valence electrons. The van der Waals surface area contributed by atoms with Gasteiger partial charge < -0.3 is 0 Å². The zero-order valence-electron chi connectivity index (χ0n) is 6.77. The highest BCUT2D eigenvalue weighted by atomic mass is 14.0. The quantitative estimate of drug-likeness (QED) is 0.492. The molecular weight excluding hydrogens is 240 g/mol. The van der Waals surface area contributed by atoms with Crippen molar-refractivity contribution in [1.82, 2.24) is 0 Å². The number of rotatable bonds is 1. The molecule has 0 spiro atoms. The van der Waals surface area contributed by atoms with Crippen molar-refractivity contribution < 1.29 is 0 Å². The van der Waals surface area contributed by atoms with E-state index in [-0.39, 0.29) is 59.4 Å². The molecule has 0 aromatic heterocycles. The lowest BCUT2D eigenvalue weighted by Crippen LogP contribution is -1.73. The van der Waals surface area contributed by atoms with Crippen molar-refractivity contribution in [3.8, 4) is 11.1 Å². The van der Waals surface area contributed by atoms with Gasteiger partial charge in [-0.05, 0) is 11.1 Å². The predicted octanol–water partition coefficient (Wildman–Crippen LogP) is 8.44. The zero-order valence-corrected chi connectivity index (χ0v) is 6.77. The van der Waals surface area contributed by atoms with Gasteiger partial charge in [0, 0.05) is 0 Å². The fourth-order valence-corrected chi connectivity index (χ4v) is 1.26. The van der Waals surface area contributed by atoms with Crippen LogP contribution < -0.4 is 0 Å². The predicted molar refractivity (Wildman–Crippen MR) is 106 cm³/mol. The fourth-order valence-electron chi connectivity index (χ4n) is 1.26. The van der Waals surface area contributed by atoms with Crippen LogP contribution in [-0.2, 0) is 0 Å². The minimum absolute atomic E-state index is 0. The summed E-state index contributed by atoms with van der Waals surface area (Å²) < 4.78 is 0. The average Bonchev–Trinajstić information content (AvgIpc) is 2.21. The molecule has 0 bridgehead atoms. The van der Waals surface area contributed by atoms with Gasteiger partial charge in [0.25, 0.3) is 0 Å². The molecule has 0 heteroatoms. The van der Waals surface area contributed by atoms with Gasteiger partial charge in [0.05, 0.1) is 0 Å². The van der Waals surface area contributed by atoms with E-state index in [1.165, 1.54) is 11.1 Å². The topological polar surface area (TPSA) is 0 Å². The molecule has 0 aliphatic rings. The van der Waals surface area contributed by atoms with Gasteiger partial charge in [0.2, 0.25) is 0 Å². The second kappa shape index (κ2) is 22.6. The molecule has 0 radical (unpaired) electrons. The van der Waals surface area contributed by atoms with Crippen LogP contribution in [-0.4, -0.2) is 0 Å². The van der Waals surface area contributed by atoms with Crippen LogP contribution in [0, 0.1) is 0 Å². The third kappa shape index (κ3) is 11.5. The maximum absolute atomic E-state index is 2.12. The molecule has 0 unspecified atom stereocenters. The van der Waals surface area contributed by atoms with Crippen molar-refractivity contribution in [3.63, 3.8) is 0 Å². The van der Waals surface area contributed by atoms with Gasteiger partial charge in [-0.1, -0.05) is 120 Å². The molecule has 0 heterocycles. The van der Waals surface area contributed by atoms with Gasteiger partial charge in [-0.25, -0.2) is 0 Å². The van der Waals surface area contributed by atoms with E-state index >= 15 is 0 Å². The summed E-state index contributed by atoms with van der Waals surface area (Å²) in [5.74, 6) is 0. The lowest BCUT2D eigenvalue weighted by molar-refractivity contribution is 1.62. The summed E-state index contributed by atoms with van der Waals surface area (Å²) in [5.41, 5.74) is 2.55. The normalized spacial score (nSPS) is 5.80. The van der Waals surface area contributed by atoms with E-state index in [4.69, 9.17) is 0 Å². The Kier molecular flexibility index (Phi) is 48.4. The van der Waals surface area contributed by atoms with Crippen molar-refractivity contribution in [1.29, 1.82) is 0 Å². The first-order chi connectivity index (χ1) is 5.97. The molecule has 0 atom stereocenters. The SMILES string of the molecule is C.C.C.C.C.C.C.C.c1ccc(-c2ccccc2)cc1. The van der Waals surface area contributed by atoms with Crippen LogP contribution in [0.2, 0.25) is 0 Å². The molecule has 0 saturated carbocycles. The number of benzene rings is 2. The summed E-state index contributed by atoms with van der Waals surface area (Å²) in [7, 11) is 0. The Morgan fingerprint density at radius 3 is 0.700 bits per heavy atom. The van der Waals surface area contributed by atoms with Crippen LogP contribution in [0.5, 0.6) is 0 Å². The Balaban J connectivity index is -0.0000000422. The van der Waals surface area contributed by atoms with Gasteiger partial charge >= 0.3 is 0 Å². The van der Waals surface area contributed by atoms with E-state index in [2.05, 4.69) is 48.5 Å². The summed E-state index contributed by atoms with van der Waals surface area (Å²) in [6.45, 7) is 0. The Morgan fingerprint density at radius 1 is 0.300 bits per heavy atom. The fraction of sp³-hybridized carbons (Fsp3) is 0.400. The van der Waals surface area contributed by atoms with Crippen LogP contribution in [0.3, 0.4) is 0 Å². The van der Waals surface area contributed by atoms with Crippen molar-refractivity contribution in [2.75, 3.05) is 0 Å². The van der Waals surface area contributed by atoms with Crippen LogP contribution in [0.15, 0.2) is 60.7 Å². The summed E-state index contributed by atoms with van der Waals surface area (Å²) in [6, 6.07) is 20.8. The first-order valence-electron chi connectivity index (χ1n) is 4.07. The van der Waals surface area contributed by atoms with Crippen LogP contribution in [0.4, 0.5) is 0 Å². The first-order valence-corrected chi connectivity index (χ1v) is 4.07. The van der Waals surface area contributed by atoms with Crippen molar-refractivity contribution in [2.45, 2.75) is 59.4 Å². The molecule has 0 fully saturated rings. The smallest absolute Gasteiger partial charge is 0.0184 e. The summed E-state index contributed by atoms with van der Waals surface area (Å²) in [6.07, 6.45) is 0. The van der Waals surface area contributed by atoms with Crippen LogP contribution >= 0.6 is 0 Å². The lowest BCUT2D eigenvalue weighted by Gasteiger charge is -1.98. The van der Waals surface area contributed by atoms with Crippen molar-refractivity contribution in [2.24, 2.45) is 0 Å². The van der Waals surface area contributed by atoms with Crippen molar-refractivity contribution >= 4 is 0 Å². The molecule has 0 nitrogen and oxygen atoms in total. The van der Waals surface area contributed by atoms with E-state index in [9.17, 15) is 0 Å². The van der Waals surface area contributed by atoms with Gasteiger partial charge in [-0.2, -0.15) is 0 Å². The van der Waals surface area contributed by atoms with E-state index in [0.717, 1.165) is 0 Å². The average molecular weight is 283 g/mol. The lowest BCUT2D eigenvalue weighted by atomic mass is 10.1. The molecule has 0 aliphatic heterocycles. The molecule has 0 amide bonds. The maximum Gasteiger partial charge on any atom is -0.0184 e. The molecular formula is C20H42. The monoisotopic (exact) mass is 282 g/mol. The third-order valence-corrected chi connectivity index (χ3v) is 1.88. The summed E-state index contributed by atoms with van der Waals surface area (Å²) in [5, 5.41) is 0. The van der Waals surface area contributed by atoms with Crippen LogP contribution in [0.25, 0.3) is 11.1 Å². The van der Waals surface area contributed by atoms with E-state index < -0.39 is 0 Å². The zero-order chi connectivity index (χ0) is 8.23. The first kappa shape index (κ1) is 42.9. The number of hydrogen-bond donors (Lipinski definition) is 0. The molecule has 20 heavy (non-hydrogen) atoms. The summed E-state index contributed by atoms with van der Waals surface area (Å²) >= 11 is 0. The molecule has 0 N–H and O–H groups in total. The minimum Gasteiger partial charge on any atom is -0.0776 e. The maximum atomic E-state index is 2.12. The highest BCUT2D eigenvalue weighted by Crippen LogP contribution is 2.17.